The van der Waals surface area contributed by atoms with E-state index in [1.807, 2.05) is 41.2 Å². The molecule has 31 heavy (non-hydrogen) atoms. The molecular formula is C23H30N6OS. The standard InChI is InChI=1S/C23H30N6OS/c1-2-15-31-23-26-21(28-12-7-4-8-13-28)19-17-25-29(22(19)27-23)14-11-24-20(30)16-18-9-5-3-6-10-18/h3,5-6,9-10,17H,2,4,7-8,11-16H2,1H3,(H,24,30). The Balaban J connectivity index is 1.47. The van der Waals surface area contributed by atoms with Gasteiger partial charge in [-0.3, -0.25) is 4.79 Å². The second kappa shape index (κ2) is 10.6. The Kier molecular flexibility index (Phi) is 7.40. The van der Waals surface area contributed by atoms with Crippen molar-refractivity contribution in [3.63, 3.8) is 0 Å². The summed E-state index contributed by atoms with van der Waals surface area (Å²) in [6, 6.07) is 9.79. The van der Waals surface area contributed by atoms with Gasteiger partial charge in [0.25, 0.3) is 0 Å². The van der Waals surface area contributed by atoms with E-state index in [9.17, 15) is 4.79 Å². The van der Waals surface area contributed by atoms with E-state index in [1.165, 1.54) is 19.3 Å². The van der Waals surface area contributed by atoms with E-state index >= 15 is 0 Å². The predicted octanol–water partition coefficient (Wildman–Crippen LogP) is 3.68. The van der Waals surface area contributed by atoms with Crippen LogP contribution in [0.2, 0.25) is 0 Å². The lowest BCUT2D eigenvalue weighted by Gasteiger charge is -2.28. The first kappa shape index (κ1) is 21.6. The molecule has 1 aliphatic rings. The van der Waals surface area contributed by atoms with Gasteiger partial charge < -0.3 is 10.2 Å². The van der Waals surface area contributed by atoms with Crippen molar-refractivity contribution in [2.75, 3.05) is 30.3 Å². The Morgan fingerprint density at radius 2 is 1.94 bits per heavy atom. The van der Waals surface area contributed by atoms with Crippen LogP contribution in [0.5, 0.6) is 0 Å². The molecule has 3 aromatic rings. The van der Waals surface area contributed by atoms with Gasteiger partial charge in [0.05, 0.1) is 24.5 Å². The fourth-order valence-electron chi connectivity index (χ4n) is 3.83. The number of amides is 1. The highest BCUT2D eigenvalue weighted by Gasteiger charge is 2.20. The summed E-state index contributed by atoms with van der Waals surface area (Å²) in [5, 5.41) is 9.39. The molecular weight excluding hydrogens is 408 g/mol. The third-order valence-corrected chi connectivity index (χ3v) is 6.45. The molecule has 3 heterocycles. The molecule has 1 N–H and O–H groups in total. The minimum atomic E-state index is 0.0190. The van der Waals surface area contributed by atoms with Gasteiger partial charge in [0, 0.05) is 25.4 Å². The maximum atomic E-state index is 12.3. The Bertz CT molecular complexity index is 1000. The normalized spacial score (nSPS) is 14.2. The first-order chi connectivity index (χ1) is 15.2. The lowest BCUT2D eigenvalue weighted by Crippen LogP contribution is -2.30. The highest BCUT2D eigenvalue weighted by Crippen LogP contribution is 2.29. The number of carbonyl (C=O) groups excluding carboxylic acids is 1. The SMILES string of the molecule is CCCSc1nc(N2CCCCC2)c2cnn(CCNC(=O)Cc3ccccc3)c2n1. The highest BCUT2D eigenvalue weighted by atomic mass is 32.2. The summed E-state index contributed by atoms with van der Waals surface area (Å²) in [4.78, 5) is 24.3. The topological polar surface area (TPSA) is 75.9 Å². The molecule has 0 atom stereocenters. The molecule has 0 spiro atoms. The Hall–Kier alpha value is -2.61. The maximum absolute atomic E-state index is 12.3. The molecule has 1 saturated heterocycles. The molecule has 8 heteroatoms. The number of hydrogen-bond donors (Lipinski definition) is 1. The average molecular weight is 439 g/mol. The summed E-state index contributed by atoms with van der Waals surface area (Å²) in [6.45, 7) is 5.33. The van der Waals surface area contributed by atoms with Crippen molar-refractivity contribution in [3.05, 3.63) is 42.1 Å². The third kappa shape index (κ3) is 5.55. The van der Waals surface area contributed by atoms with Crippen LogP contribution >= 0.6 is 11.8 Å². The van der Waals surface area contributed by atoms with Crippen molar-refractivity contribution in [1.29, 1.82) is 0 Å². The van der Waals surface area contributed by atoms with E-state index in [4.69, 9.17) is 9.97 Å². The van der Waals surface area contributed by atoms with Crippen LogP contribution in [0, 0.1) is 0 Å². The predicted molar refractivity (Wildman–Crippen MR) is 126 cm³/mol. The number of anilines is 1. The third-order valence-electron chi connectivity index (χ3n) is 5.40. The van der Waals surface area contributed by atoms with Gasteiger partial charge in [0.2, 0.25) is 5.91 Å². The van der Waals surface area contributed by atoms with Gasteiger partial charge in [-0.1, -0.05) is 49.0 Å². The van der Waals surface area contributed by atoms with Gasteiger partial charge in [-0.05, 0) is 31.2 Å². The quantitative estimate of drug-likeness (QED) is 0.406. The number of rotatable bonds is 9. The van der Waals surface area contributed by atoms with E-state index in [0.717, 1.165) is 52.8 Å². The molecule has 0 radical (unpaired) electrons. The zero-order valence-corrected chi connectivity index (χ0v) is 18.9. The van der Waals surface area contributed by atoms with Gasteiger partial charge in [-0.25, -0.2) is 14.6 Å². The number of fused-ring (bicyclic) bond motifs is 1. The van der Waals surface area contributed by atoms with Gasteiger partial charge in [0.15, 0.2) is 10.8 Å². The van der Waals surface area contributed by atoms with Crippen LogP contribution in [0.25, 0.3) is 11.0 Å². The summed E-state index contributed by atoms with van der Waals surface area (Å²) < 4.78 is 1.89. The van der Waals surface area contributed by atoms with E-state index in [2.05, 4.69) is 22.2 Å². The van der Waals surface area contributed by atoms with Crippen LogP contribution < -0.4 is 10.2 Å². The summed E-state index contributed by atoms with van der Waals surface area (Å²) in [6.07, 6.45) is 7.02. The van der Waals surface area contributed by atoms with Crippen molar-refractivity contribution in [3.8, 4) is 0 Å². The molecule has 2 aromatic heterocycles. The van der Waals surface area contributed by atoms with E-state index in [0.29, 0.717) is 19.5 Å². The summed E-state index contributed by atoms with van der Waals surface area (Å²) in [5.74, 6) is 2.02. The van der Waals surface area contributed by atoms with Crippen molar-refractivity contribution in [1.82, 2.24) is 25.1 Å². The van der Waals surface area contributed by atoms with Crippen LogP contribution in [0.3, 0.4) is 0 Å². The molecule has 0 bridgehead atoms. The molecule has 1 aliphatic heterocycles. The number of benzene rings is 1. The number of thioether (sulfide) groups is 1. The number of nitrogens with zero attached hydrogens (tertiary/aromatic N) is 5. The fraction of sp³-hybridized carbons (Fsp3) is 0.478. The molecule has 0 unspecified atom stereocenters. The molecule has 7 nitrogen and oxygen atoms in total. The van der Waals surface area contributed by atoms with Crippen molar-refractivity contribution < 1.29 is 4.79 Å². The van der Waals surface area contributed by atoms with E-state index < -0.39 is 0 Å². The molecule has 1 amide bonds. The fourth-order valence-corrected chi connectivity index (χ4v) is 4.52. The summed E-state index contributed by atoms with van der Waals surface area (Å²) in [7, 11) is 0. The van der Waals surface area contributed by atoms with Gasteiger partial charge >= 0.3 is 0 Å². The first-order valence-corrected chi connectivity index (χ1v) is 12.1. The van der Waals surface area contributed by atoms with Gasteiger partial charge in [0.1, 0.15) is 5.82 Å². The minimum absolute atomic E-state index is 0.0190. The van der Waals surface area contributed by atoms with Crippen LogP contribution in [-0.4, -0.2) is 51.0 Å². The van der Waals surface area contributed by atoms with Crippen molar-refractivity contribution in [2.24, 2.45) is 0 Å². The van der Waals surface area contributed by atoms with Gasteiger partial charge in [-0.15, -0.1) is 0 Å². The van der Waals surface area contributed by atoms with Gasteiger partial charge in [-0.2, -0.15) is 5.10 Å². The lowest BCUT2D eigenvalue weighted by molar-refractivity contribution is -0.120. The number of aromatic nitrogens is 4. The maximum Gasteiger partial charge on any atom is 0.224 e. The van der Waals surface area contributed by atoms with Crippen LogP contribution in [0.4, 0.5) is 5.82 Å². The Morgan fingerprint density at radius 3 is 2.71 bits per heavy atom. The summed E-state index contributed by atoms with van der Waals surface area (Å²) >= 11 is 1.70. The lowest BCUT2D eigenvalue weighted by atomic mass is 10.1. The van der Waals surface area contributed by atoms with E-state index in [-0.39, 0.29) is 5.91 Å². The number of carbonyl (C=O) groups is 1. The molecule has 1 fully saturated rings. The smallest absolute Gasteiger partial charge is 0.224 e. The second-order valence-electron chi connectivity index (χ2n) is 7.84. The van der Waals surface area contributed by atoms with Crippen LogP contribution in [-0.2, 0) is 17.8 Å². The zero-order valence-electron chi connectivity index (χ0n) is 18.1. The molecule has 0 saturated carbocycles. The Morgan fingerprint density at radius 1 is 1.13 bits per heavy atom. The number of nitrogens with one attached hydrogen (secondary N) is 1. The summed E-state index contributed by atoms with van der Waals surface area (Å²) in [5.41, 5.74) is 1.87. The van der Waals surface area contributed by atoms with E-state index in [1.54, 1.807) is 11.8 Å². The highest BCUT2D eigenvalue weighted by molar-refractivity contribution is 7.99. The second-order valence-corrected chi connectivity index (χ2v) is 8.91. The number of hydrogen-bond acceptors (Lipinski definition) is 6. The first-order valence-electron chi connectivity index (χ1n) is 11.2. The largest absolute Gasteiger partial charge is 0.356 e. The number of piperidine rings is 1. The monoisotopic (exact) mass is 438 g/mol. The van der Waals surface area contributed by atoms with Crippen LogP contribution in [0.1, 0.15) is 38.2 Å². The molecule has 4 rings (SSSR count). The Labute approximate surface area is 187 Å². The van der Waals surface area contributed by atoms with Crippen LogP contribution in [0.15, 0.2) is 41.7 Å². The average Bonchev–Trinajstić information content (AvgIpc) is 3.21. The zero-order chi connectivity index (χ0) is 21.5. The molecule has 1 aromatic carbocycles. The molecule has 164 valence electrons. The molecule has 0 aliphatic carbocycles. The van der Waals surface area contributed by atoms with Crippen molar-refractivity contribution >= 4 is 34.5 Å². The minimum Gasteiger partial charge on any atom is -0.356 e. The van der Waals surface area contributed by atoms with Crippen molar-refractivity contribution in [2.45, 2.75) is 50.7 Å².